The zero-order valence-electron chi connectivity index (χ0n) is 7.44. The molecule has 0 saturated carbocycles. The Bertz CT molecular complexity index is 715. The molecule has 0 amide bonds. The van der Waals surface area contributed by atoms with Crippen molar-refractivity contribution in [3.63, 3.8) is 0 Å². The molecule has 0 fully saturated rings. The summed E-state index contributed by atoms with van der Waals surface area (Å²) in [6.07, 6.45) is 1.59. The van der Waals surface area contributed by atoms with Gasteiger partial charge in [0.1, 0.15) is 0 Å². The van der Waals surface area contributed by atoms with Crippen molar-refractivity contribution in [1.29, 1.82) is 0 Å². The third-order valence-corrected chi connectivity index (χ3v) is 2.45. The van der Waals surface area contributed by atoms with Gasteiger partial charge < -0.3 is 0 Å². The van der Waals surface area contributed by atoms with Gasteiger partial charge in [-0.15, -0.1) is 0 Å². The van der Waals surface area contributed by atoms with E-state index in [4.69, 9.17) is 11.6 Å². The first-order chi connectivity index (χ1) is 7.25. The first kappa shape index (κ1) is 8.43. The second kappa shape index (κ2) is 2.80. The van der Waals surface area contributed by atoms with E-state index in [1.807, 2.05) is 6.07 Å². The maximum absolute atomic E-state index is 11.2. The van der Waals surface area contributed by atoms with Crippen molar-refractivity contribution < 1.29 is 0 Å². The minimum atomic E-state index is -0.346. The van der Waals surface area contributed by atoms with Crippen molar-refractivity contribution in [3.05, 3.63) is 39.9 Å². The van der Waals surface area contributed by atoms with Gasteiger partial charge in [-0.3, -0.25) is 0 Å². The summed E-state index contributed by atoms with van der Waals surface area (Å²) in [5, 5.41) is 12.5. The van der Waals surface area contributed by atoms with Gasteiger partial charge in [0.25, 0.3) is 0 Å². The second-order valence-electron chi connectivity index (χ2n) is 3.14. The van der Waals surface area contributed by atoms with Crippen LogP contribution in [0.2, 0.25) is 5.02 Å². The third-order valence-electron chi connectivity index (χ3n) is 2.22. The first-order valence-electron chi connectivity index (χ1n) is 4.27. The van der Waals surface area contributed by atoms with Gasteiger partial charge in [-0.2, -0.15) is 14.7 Å². The lowest BCUT2D eigenvalue weighted by molar-refractivity contribution is 0.886. The highest BCUT2D eigenvalue weighted by molar-refractivity contribution is 6.31. The van der Waals surface area contributed by atoms with Crippen LogP contribution < -0.4 is 5.69 Å². The van der Waals surface area contributed by atoms with Gasteiger partial charge in [-0.1, -0.05) is 11.6 Å². The Morgan fingerprint density at radius 1 is 1.40 bits per heavy atom. The van der Waals surface area contributed by atoms with E-state index in [0.29, 0.717) is 10.7 Å². The molecule has 0 unspecified atom stereocenters. The second-order valence-corrected chi connectivity index (χ2v) is 3.58. The maximum Gasteiger partial charge on any atom is 0.364 e. The molecule has 6 heteroatoms. The molecule has 0 spiro atoms. The zero-order valence-corrected chi connectivity index (χ0v) is 8.19. The average molecular weight is 221 g/mol. The molecule has 0 bridgehead atoms. The predicted octanol–water partition coefficient (Wildman–Crippen LogP) is 1.22. The Labute approximate surface area is 88.3 Å². The van der Waals surface area contributed by atoms with Crippen LogP contribution in [0.4, 0.5) is 0 Å². The first-order valence-corrected chi connectivity index (χ1v) is 4.65. The molecule has 0 aliphatic heterocycles. The molecule has 0 atom stereocenters. The topological polar surface area (TPSA) is 63.0 Å². The number of nitrogens with zero attached hydrogens (tertiary/aromatic N) is 3. The number of aromatic nitrogens is 4. The number of hydrogen-bond donors (Lipinski definition) is 1. The van der Waals surface area contributed by atoms with E-state index in [-0.39, 0.29) is 5.69 Å². The summed E-state index contributed by atoms with van der Waals surface area (Å²) in [5.41, 5.74) is 0.163. The van der Waals surface area contributed by atoms with Crippen LogP contribution >= 0.6 is 11.6 Å². The van der Waals surface area contributed by atoms with E-state index in [2.05, 4.69) is 15.3 Å². The summed E-state index contributed by atoms with van der Waals surface area (Å²) in [4.78, 5) is 11.2. The van der Waals surface area contributed by atoms with E-state index >= 15 is 0 Å². The molecule has 3 aromatic rings. The van der Waals surface area contributed by atoms with Gasteiger partial charge in [-0.25, -0.2) is 9.89 Å². The molecular formula is C9H5ClN4O. The van der Waals surface area contributed by atoms with Gasteiger partial charge in [-0.05, 0) is 18.2 Å². The van der Waals surface area contributed by atoms with Crippen LogP contribution in [0.1, 0.15) is 0 Å². The Balaban J connectivity index is 2.60. The summed E-state index contributed by atoms with van der Waals surface area (Å²) in [7, 11) is 0. The van der Waals surface area contributed by atoms with Gasteiger partial charge in [0, 0.05) is 15.8 Å². The molecule has 0 saturated heterocycles. The fourth-order valence-electron chi connectivity index (χ4n) is 1.54. The van der Waals surface area contributed by atoms with Gasteiger partial charge in [0.05, 0.1) is 6.20 Å². The van der Waals surface area contributed by atoms with Crippen LogP contribution in [0.3, 0.4) is 0 Å². The number of halogens is 1. The molecule has 1 N–H and O–H groups in total. The lowest BCUT2D eigenvalue weighted by Gasteiger charge is -1.98. The molecule has 2 aromatic heterocycles. The van der Waals surface area contributed by atoms with Crippen LogP contribution in [-0.2, 0) is 0 Å². The smallest absolute Gasteiger partial charge is 0.244 e. The largest absolute Gasteiger partial charge is 0.364 e. The molecular weight excluding hydrogens is 216 g/mol. The van der Waals surface area contributed by atoms with Crippen LogP contribution in [-0.4, -0.2) is 19.8 Å². The number of H-pyrrole nitrogens is 1. The molecule has 0 aliphatic carbocycles. The lowest BCUT2D eigenvalue weighted by Crippen LogP contribution is -2.11. The van der Waals surface area contributed by atoms with E-state index in [1.54, 1.807) is 18.3 Å². The minimum absolute atomic E-state index is 0.346. The summed E-state index contributed by atoms with van der Waals surface area (Å²) in [6.45, 7) is 0. The van der Waals surface area contributed by atoms with Gasteiger partial charge >= 0.3 is 5.69 Å². The Kier molecular flexibility index (Phi) is 1.58. The monoisotopic (exact) mass is 220 g/mol. The van der Waals surface area contributed by atoms with E-state index in [0.717, 1.165) is 10.8 Å². The molecule has 5 nitrogen and oxygen atoms in total. The lowest BCUT2D eigenvalue weighted by atomic mass is 10.2. The fraction of sp³-hybridized carbons (Fsp3) is 0. The van der Waals surface area contributed by atoms with Crippen LogP contribution in [0.25, 0.3) is 16.4 Å². The number of benzene rings is 1. The average Bonchev–Trinajstić information content (AvgIpc) is 2.60. The highest BCUT2D eigenvalue weighted by Gasteiger charge is 2.05. The molecule has 3 rings (SSSR count). The van der Waals surface area contributed by atoms with Crippen LogP contribution in [0, 0.1) is 0 Å². The van der Waals surface area contributed by atoms with Gasteiger partial charge in [0.15, 0.2) is 5.65 Å². The van der Waals surface area contributed by atoms with Gasteiger partial charge in [0.2, 0.25) is 0 Å². The molecule has 0 radical (unpaired) electrons. The van der Waals surface area contributed by atoms with Crippen molar-refractivity contribution in [2.45, 2.75) is 0 Å². The number of hydrogen-bond acceptors (Lipinski definition) is 3. The van der Waals surface area contributed by atoms with Crippen molar-refractivity contribution in [2.75, 3.05) is 0 Å². The van der Waals surface area contributed by atoms with Crippen LogP contribution in [0.5, 0.6) is 0 Å². The third kappa shape index (κ3) is 1.13. The summed E-state index contributed by atoms with van der Waals surface area (Å²) >= 11 is 5.85. The maximum atomic E-state index is 11.2. The zero-order chi connectivity index (χ0) is 10.4. The fourth-order valence-corrected chi connectivity index (χ4v) is 1.72. The van der Waals surface area contributed by atoms with Crippen LogP contribution in [0.15, 0.2) is 29.2 Å². The Hall–Kier alpha value is -1.88. The van der Waals surface area contributed by atoms with E-state index < -0.39 is 0 Å². The van der Waals surface area contributed by atoms with Crippen molar-refractivity contribution in [1.82, 2.24) is 19.8 Å². The molecule has 2 heterocycles. The highest BCUT2D eigenvalue weighted by atomic mass is 35.5. The molecule has 0 aliphatic rings. The van der Waals surface area contributed by atoms with Crippen molar-refractivity contribution in [2.24, 2.45) is 0 Å². The van der Waals surface area contributed by atoms with Crippen molar-refractivity contribution in [3.8, 4) is 0 Å². The minimum Gasteiger partial charge on any atom is -0.244 e. The van der Waals surface area contributed by atoms with E-state index in [9.17, 15) is 4.79 Å². The SMILES string of the molecule is O=c1[nH]nc2c3ccc(Cl)cc3cnn12. The number of nitrogens with one attached hydrogen (secondary N) is 1. The number of aromatic amines is 1. The quantitative estimate of drug-likeness (QED) is 0.620. The summed E-state index contributed by atoms with van der Waals surface area (Å²) < 4.78 is 1.22. The number of fused-ring (bicyclic) bond motifs is 3. The Morgan fingerprint density at radius 3 is 3.13 bits per heavy atom. The highest BCUT2D eigenvalue weighted by Crippen LogP contribution is 2.20. The predicted molar refractivity (Wildman–Crippen MR) is 56.1 cm³/mol. The molecule has 15 heavy (non-hydrogen) atoms. The standard InChI is InChI=1S/C9H5ClN4O/c10-6-1-2-7-5(3-6)4-11-14-8(7)12-13-9(14)15/h1-4H,(H,13,15). The van der Waals surface area contributed by atoms with E-state index in [1.165, 1.54) is 4.52 Å². The summed E-state index contributed by atoms with van der Waals surface area (Å²) in [5.74, 6) is 0. The number of rotatable bonds is 0. The summed E-state index contributed by atoms with van der Waals surface area (Å²) in [6, 6.07) is 5.35. The Morgan fingerprint density at radius 2 is 2.27 bits per heavy atom. The molecule has 74 valence electrons. The normalized spacial score (nSPS) is 11.3. The molecule has 1 aromatic carbocycles. The van der Waals surface area contributed by atoms with Crippen molar-refractivity contribution >= 4 is 28.0 Å².